The number of hydrogen-bond donors (Lipinski definition) is 2. The van der Waals surface area contributed by atoms with Gasteiger partial charge in [-0.15, -0.1) is 0 Å². The molecule has 108 valence electrons. The minimum atomic E-state index is 0.0646. The molecule has 1 aromatic heterocycles. The second kappa shape index (κ2) is 6.08. The fraction of sp³-hybridized carbons (Fsp3) is 0.235. The molecule has 0 radical (unpaired) electrons. The molecule has 0 aliphatic carbocycles. The van der Waals surface area contributed by atoms with Crippen LogP contribution >= 0.6 is 0 Å². The lowest BCUT2D eigenvalue weighted by Crippen LogP contribution is -2.29. The SMILES string of the molecule is CCn1nc(CC(NN)c2ccccc2)c2ccccc21. The quantitative estimate of drug-likeness (QED) is 0.558. The molecule has 1 unspecified atom stereocenters. The molecule has 1 heterocycles. The largest absolute Gasteiger partial charge is 0.271 e. The minimum Gasteiger partial charge on any atom is -0.271 e. The van der Waals surface area contributed by atoms with Crippen LogP contribution in [0.4, 0.5) is 0 Å². The van der Waals surface area contributed by atoms with E-state index >= 15 is 0 Å². The van der Waals surface area contributed by atoms with Crippen molar-refractivity contribution < 1.29 is 0 Å². The number of aryl methyl sites for hydroxylation is 1. The van der Waals surface area contributed by atoms with Crippen molar-refractivity contribution >= 4 is 10.9 Å². The van der Waals surface area contributed by atoms with Gasteiger partial charge in [0.05, 0.1) is 17.3 Å². The van der Waals surface area contributed by atoms with Crippen molar-refractivity contribution in [2.45, 2.75) is 25.9 Å². The van der Waals surface area contributed by atoms with Crippen LogP contribution in [0.1, 0.15) is 24.2 Å². The molecule has 2 aromatic carbocycles. The number of hydrazine groups is 1. The Balaban J connectivity index is 1.97. The highest BCUT2D eigenvalue weighted by molar-refractivity contribution is 5.82. The normalized spacial score (nSPS) is 12.7. The highest BCUT2D eigenvalue weighted by atomic mass is 15.3. The molecule has 0 bridgehead atoms. The molecule has 1 atom stereocenters. The van der Waals surface area contributed by atoms with Crippen LogP contribution in [0.15, 0.2) is 54.6 Å². The maximum Gasteiger partial charge on any atom is 0.0722 e. The Morgan fingerprint density at radius 3 is 2.52 bits per heavy atom. The van der Waals surface area contributed by atoms with Gasteiger partial charge in [-0.3, -0.25) is 16.0 Å². The summed E-state index contributed by atoms with van der Waals surface area (Å²) in [5.41, 5.74) is 6.35. The van der Waals surface area contributed by atoms with E-state index in [1.165, 1.54) is 16.5 Å². The molecule has 0 aliphatic rings. The topological polar surface area (TPSA) is 55.9 Å². The van der Waals surface area contributed by atoms with Crippen molar-refractivity contribution in [2.75, 3.05) is 0 Å². The molecule has 0 spiro atoms. The molecule has 0 amide bonds. The highest BCUT2D eigenvalue weighted by Gasteiger charge is 2.15. The third-order valence-corrected chi connectivity index (χ3v) is 3.83. The Morgan fingerprint density at radius 2 is 1.81 bits per heavy atom. The summed E-state index contributed by atoms with van der Waals surface area (Å²) in [6.45, 7) is 2.98. The lowest BCUT2D eigenvalue weighted by Gasteiger charge is -2.15. The monoisotopic (exact) mass is 280 g/mol. The molecule has 4 heteroatoms. The van der Waals surface area contributed by atoms with Crippen LogP contribution in [0.3, 0.4) is 0 Å². The van der Waals surface area contributed by atoms with Crippen molar-refractivity contribution in [1.29, 1.82) is 0 Å². The summed E-state index contributed by atoms with van der Waals surface area (Å²) < 4.78 is 2.04. The second-order valence-electron chi connectivity index (χ2n) is 5.11. The van der Waals surface area contributed by atoms with E-state index < -0.39 is 0 Å². The molecule has 3 N–H and O–H groups in total. The predicted molar refractivity (Wildman–Crippen MR) is 85.6 cm³/mol. The standard InChI is InChI=1S/C17H20N4/c1-2-21-17-11-7-6-10-14(17)16(20-21)12-15(19-18)13-8-4-3-5-9-13/h3-11,15,19H,2,12,18H2,1H3. The molecule has 3 rings (SSSR count). The Labute approximate surface area is 124 Å². The van der Waals surface area contributed by atoms with Crippen LogP contribution in [-0.4, -0.2) is 9.78 Å². The average molecular weight is 280 g/mol. The summed E-state index contributed by atoms with van der Waals surface area (Å²) in [4.78, 5) is 0. The predicted octanol–water partition coefficient (Wildman–Crippen LogP) is 2.80. The zero-order valence-electron chi connectivity index (χ0n) is 12.2. The van der Waals surface area contributed by atoms with Gasteiger partial charge in [0.2, 0.25) is 0 Å². The molecular weight excluding hydrogens is 260 g/mol. The van der Waals surface area contributed by atoms with E-state index in [1.54, 1.807) is 0 Å². The highest BCUT2D eigenvalue weighted by Crippen LogP contribution is 2.23. The van der Waals surface area contributed by atoms with Crippen LogP contribution in [-0.2, 0) is 13.0 Å². The molecule has 4 nitrogen and oxygen atoms in total. The third-order valence-electron chi connectivity index (χ3n) is 3.83. The number of fused-ring (bicyclic) bond motifs is 1. The van der Waals surface area contributed by atoms with Crippen LogP contribution < -0.4 is 11.3 Å². The first kappa shape index (κ1) is 13.8. The Morgan fingerprint density at radius 1 is 1.10 bits per heavy atom. The zero-order chi connectivity index (χ0) is 14.7. The van der Waals surface area contributed by atoms with Gasteiger partial charge in [0.25, 0.3) is 0 Å². The first-order chi connectivity index (χ1) is 10.3. The lowest BCUT2D eigenvalue weighted by molar-refractivity contribution is 0.539. The third kappa shape index (κ3) is 2.68. The van der Waals surface area contributed by atoms with Gasteiger partial charge in [0.1, 0.15) is 0 Å². The van der Waals surface area contributed by atoms with Gasteiger partial charge in [-0.05, 0) is 18.6 Å². The fourth-order valence-corrected chi connectivity index (χ4v) is 2.74. The van der Waals surface area contributed by atoms with E-state index in [1.807, 2.05) is 22.9 Å². The summed E-state index contributed by atoms with van der Waals surface area (Å²) >= 11 is 0. The molecule has 0 fully saturated rings. The smallest absolute Gasteiger partial charge is 0.0722 e. The number of nitrogens with two attached hydrogens (primary N) is 1. The van der Waals surface area contributed by atoms with E-state index in [2.05, 4.69) is 48.7 Å². The van der Waals surface area contributed by atoms with Crippen LogP contribution in [0, 0.1) is 0 Å². The van der Waals surface area contributed by atoms with Gasteiger partial charge in [0.15, 0.2) is 0 Å². The Hall–Kier alpha value is -2.17. The molecule has 21 heavy (non-hydrogen) atoms. The van der Waals surface area contributed by atoms with Crippen molar-refractivity contribution in [3.8, 4) is 0 Å². The number of para-hydroxylation sites is 1. The second-order valence-corrected chi connectivity index (χ2v) is 5.11. The molecule has 0 aliphatic heterocycles. The van der Waals surface area contributed by atoms with Gasteiger partial charge in [-0.1, -0.05) is 48.5 Å². The van der Waals surface area contributed by atoms with E-state index in [4.69, 9.17) is 10.9 Å². The van der Waals surface area contributed by atoms with Gasteiger partial charge < -0.3 is 0 Å². The van der Waals surface area contributed by atoms with Crippen LogP contribution in [0.2, 0.25) is 0 Å². The van der Waals surface area contributed by atoms with Crippen LogP contribution in [0.5, 0.6) is 0 Å². The van der Waals surface area contributed by atoms with Crippen LogP contribution in [0.25, 0.3) is 10.9 Å². The summed E-state index contributed by atoms with van der Waals surface area (Å²) in [6, 6.07) is 18.7. The van der Waals surface area contributed by atoms with Crippen molar-refractivity contribution in [3.63, 3.8) is 0 Å². The number of hydrogen-bond acceptors (Lipinski definition) is 3. The number of rotatable bonds is 5. The molecular formula is C17H20N4. The lowest BCUT2D eigenvalue weighted by atomic mass is 10.0. The molecule has 0 saturated heterocycles. The first-order valence-corrected chi connectivity index (χ1v) is 7.29. The average Bonchev–Trinajstić information content (AvgIpc) is 2.91. The summed E-state index contributed by atoms with van der Waals surface area (Å²) in [5, 5.41) is 5.95. The Bertz CT molecular complexity index is 718. The van der Waals surface area contributed by atoms with Crippen molar-refractivity contribution in [3.05, 3.63) is 65.9 Å². The van der Waals surface area contributed by atoms with E-state index in [9.17, 15) is 0 Å². The number of nitrogens with zero attached hydrogens (tertiary/aromatic N) is 2. The van der Waals surface area contributed by atoms with E-state index in [0.717, 1.165) is 18.7 Å². The summed E-state index contributed by atoms with van der Waals surface area (Å²) in [6.07, 6.45) is 0.772. The van der Waals surface area contributed by atoms with Crippen molar-refractivity contribution in [2.24, 2.45) is 5.84 Å². The maximum atomic E-state index is 5.75. The number of benzene rings is 2. The van der Waals surface area contributed by atoms with Gasteiger partial charge in [0, 0.05) is 18.4 Å². The zero-order valence-corrected chi connectivity index (χ0v) is 12.2. The van der Waals surface area contributed by atoms with Gasteiger partial charge in [-0.25, -0.2) is 0 Å². The number of nitrogens with one attached hydrogen (secondary N) is 1. The first-order valence-electron chi connectivity index (χ1n) is 7.29. The van der Waals surface area contributed by atoms with Gasteiger partial charge >= 0.3 is 0 Å². The fourth-order valence-electron chi connectivity index (χ4n) is 2.74. The Kier molecular flexibility index (Phi) is 3.99. The summed E-state index contributed by atoms with van der Waals surface area (Å²) in [5.74, 6) is 5.75. The van der Waals surface area contributed by atoms with Crippen molar-refractivity contribution in [1.82, 2.24) is 15.2 Å². The maximum absolute atomic E-state index is 5.75. The molecule has 3 aromatic rings. The number of aromatic nitrogens is 2. The minimum absolute atomic E-state index is 0.0646. The summed E-state index contributed by atoms with van der Waals surface area (Å²) in [7, 11) is 0. The van der Waals surface area contributed by atoms with Gasteiger partial charge in [-0.2, -0.15) is 5.10 Å². The van der Waals surface area contributed by atoms with E-state index in [0.29, 0.717) is 0 Å². The molecule has 0 saturated carbocycles. The van der Waals surface area contributed by atoms with E-state index in [-0.39, 0.29) is 6.04 Å².